The van der Waals surface area contributed by atoms with Crippen molar-refractivity contribution in [2.24, 2.45) is 0 Å². The Morgan fingerprint density at radius 2 is 2.22 bits per heavy atom. The Bertz CT molecular complexity index is 1030. The maximum atomic E-state index is 14.7. The lowest BCUT2D eigenvalue weighted by Gasteiger charge is -2.14. The third-order valence-corrected chi connectivity index (χ3v) is 4.44. The molecule has 3 aromatic rings. The Labute approximate surface area is 154 Å². The monoisotopic (exact) mass is 368 g/mol. The van der Waals surface area contributed by atoms with Gasteiger partial charge < -0.3 is 14.5 Å². The minimum atomic E-state index is -0.558. The second-order valence-electron chi connectivity index (χ2n) is 6.36. The molecule has 3 heterocycles. The van der Waals surface area contributed by atoms with Crippen LogP contribution in [0.5, 0.6) is 0 Å². The highest BCUT2D eigenvalue weighted by Crippen LogP contribution is 2.29. The third kappa shape index (κ3) is 3.33. The number of pyridine rings is 1. The van der Waals surface area contributed by atoms with Gasteiger partial charge in [0.1, 0.15) is 11.9 Å². The van der Waals surface area contributed by atoms with E-state index in [1.165, 1.54) is 17.9 Å². The van der Waals surface area contributed by atoms with Crippen molar-refractivity contribution < 1.29 is 18.7 Å². The van der Waals surface area contributed by atoms with Crippen LogP contribution in [0, 0.1) is 5.82 Å². The number of carbonyl (C=O) groups is 2. The van der Waals surface area contributed by atoms with Gasteiger partial charge in [-0.3, -0.25) is 9.69 Å². The van der Waals surface area contributed by atoms with Crippen molar-refractivity contribution in [3.8, 4) is 11.1 Å². The van der Waals surface area contributed by atoms with E-state index >= 15 is 0 Å². The van der Waals surface area contributed by atoms with E-state index in [4.69, 9.17) is 4.74 Å². The molecular weight excluding hydrogens is 351 g/mol. The molecule has 1 fully saturated rings. The SMILES string of the molecule is CC(=O)NC[C@H]1CN(c2ccc(-c3ccc4cncn4c3)c(F)c2)C(=O)O1. The molecule has 0 spiro atoms. The van der Waals surface area contributed by atoms with Crippen LogP contribution < -0.4 is 10.2 Å². The van der Waals surface area contributed by atoms with Crippen LogP contribution in [0.3, 0.4) is 0 Å². The highest BCUT2D eigenvalue weighted by atomic mass is 19.1. The number of nitrogens with zero attached hydrogens (tertiary/aromatic N) is 3. The molecule has 2 aromatic heterocycles. The highest BCUT2D eigenvalue weighted by Gasteiger charge is 2.32. The number of cyclic esters (lactones) is 1. The van der Waals surface area contributed by atoms with Crippen LogP contribution in [0.1, 0.15) is 6.92 Å². The van der Waals surface area contributed by atoms with Gasteiger partial charge in [-0.15, -0.1) is 0 Å². The molecule has 1 aliphatic heterocycles. The number of benzene rings is 1. The number of hydrogen-bond acceptors (Lipinski definition) is 4. The zero-order valence-electron chi connectivity index (χ0n) is 14.6. The molecule has 1 N–H and O–H groups in total. The summed E-state index contributed by atoms with van der Waals surface area (Å²) in [5.74, 6) is -0.639. The molecule has 27 heavy (non-hydrogen) atoms. The molecule has 1 aliphatic rings. The fourth-order valence-corrected chi connectivity index (χ4v) is 3.08. The van der Waals surface area contributed by atoms with Crippen molar-refractivity contribution in [1.29, 1.82) is 0 Å². The summed E-state index contributed by atoms with van der Waals surface area (Å²) in [6.45, 7) is 1.87. The first-order valence-corrected chi connectivity index (χ1v) is 8.45. The molecule has 4 rings (SSSR count). The average molecular weight is 368 g/mol. The van der Waals surface area contributed by atoms with E-state index in [9.17, 15) is 14.0 Å². The fourth-order valence-electron chi connectivity index (χ4n) is 3.08. The summed E-state index contributed by atoms with van der Waals surface area (Å²) in [6.07, 6.45) is 4.15. The molecule has 0 bridgehead atoms. The van der Waals surface area contributed by atoms with Crippen molar-refractivity contribution >= 4 is 23.2 Å². The average Bonchev–Trinajstić information content (AvgIpc) is 3.25. The quantitative estimate of drug-likeness (QED) is 0.768. The number of aromatic nitrogens is 2. The molecule has 1 aromatic carbocycles. The number of nitrogens with one attached hydrogen (secondary N) is 1. The van der Waals surface area contributed by atoms with Crippen LogP contribution in [-0.4, -0.2) is 40.6 Å². The molecule has 138 valence electrons. The summed E-state index contributed by atoms with van der Waals surface area (Å²) in [7, 11) is 0. The van der Waals surface area contributed by atoms with Gasteiger partial charge in [-0.2, -0.15) is 0 Å². The first kappa shape index (κ1) is 17.0. The summed E-state index contributed by atoms with van der Waals surface area (Å²) >= 11 is 0. The van der Waals surface area contributed by atoms with Gasteiger partial charge in [0.05, 0.1) is 36.8 Å². The molecular formula is C19H17FN4O3. The summed E-state index contributed by atoms with van der Waals surface area (Å²) in [5.41, 5.74) is 2.46. The summed E-state index contributed by atoms with van der Waals surface area (Å²) < 4.78 is 21.8. The second kappa shape index (κ2) is 6.71. The maximum absolute atomic E-state index is 14.7. The van der Waals surface area contributed by atoms with Crippen molar-refractivity contribution in [2.75, 3.05) is 18.0 Å². The van der Waals surface area contributed by atoms with Crippen LogP contribution in [-0.2, 0) is 9.53 Å². The lowest BCUT2D eigenvalue weighted by molar-refractivity contribution is -0.119. The van der Waals surface area contributed by atoms with E-state index in [1.807, 2.05) is 16.5 Å². The van der Waals surface area contributed by atoms with Crippen molar-refractivity contribution in [2.45, 2.75) is 13.0 Å². The van der Waals surface area contributed by atoms with Crippen LogP contribution in [0.2, 0.25) is 0 Å². The van der Waals surface area contributed by atoms with Crippen LogP contribution in [0.25, 0.3) is 16.6 Å². The van der Waals surface area contributed by atoms with Gasteiger partial charge in [0.25, 0.3) is 0 Å². The lowest BCUT2D eigenvalue weighted by Crippen LogP contribution is -2.33. The molecule has 8 heteroatoms. The van der Waals surface area contributed by atoms with Crippen molar-refractivity contribution in [1.82, 2.24) is 14.7 Å². The van der Waals surface area contributed by atoms with E-state index in [-0.39, 0.29) is 19.0 Å². The number of ether oxygens (including phenoxy) is 1. The van der Waals surface area contributed by atoms with E-state index in [0.29, 0.717) is 16.8 Å². The summed E-state index contributed by atoms with van der Waals surface area (Å²) in [6, 6.07) is 8.31. The van der Waals surface area contributed by atoms with Crippen LogP contribution in [0.4, 0.5) is 14.9 Å². The fraction of sp³-hybridized carbons (Fsp3) is 0.211. The zero-order valence-corrected chi connectivity index (χ0v) is 14.6. The van der Waals surface area contributed by atoms with E-state index in [0.717, 1.165) is 5.52 Å². The summed E-state index contributed by atoms with van der Waals surface area (Å²) in [5, 5.41) is 2.61. The largest absolute Gasteiger partial charge is 0.442 e. The Morgan fingerprint density at radius 1 is 1.37 bits per heavy atom. The van der Waals surface area contributed by atoms with Crippen LogP contribution >= 0.6 is 0 Å². The van der Waals surface area contributed by atoms with Crippen molar-refractivity contribution in [3.63, 3.8) is 0 Å². The number of amides is 2. The second-order valence-corrected chi connectivity index (χ2v) is 6.36. The maximum Gasteiger partial charge on any atom is 0.414 e. The molecule has 0 aliphatic carbocycles. The number of hydrogen-bond donors (Lipinski definition) is 1. The predicted octanol–water partition coefficient (Wildman–Crippen LogP) is 2.60. The minimum Gasteiger partial charge on any atom is -0.442 e. The third-order valence-electron chi connectivity index (χ3n) is 4.44. The zero-order chi connectivity index (χ0) is 19.0. The number of anilines is 1. The van der Waals surface area contributed by atoms with Gasteiger partial charge in [0.2, 0.25) is 5.91 Å². The number of halogens is 1. The first-order valence-electron chi connectivity index (χ1n) is 8.45. The Morgan fingerprint density at radius 3 is 3.00 bits per heavy atom. The lowest BCUT2D eigenvalue weighted by atomic mass is 10.1. The number of rotatable bonds is 4. The minimum absolute atomic E-state index is 0.199. The van der Waals surface area contributed by atoms with Crippen molar-refractivity contribution in [3.05, 3.63) is 54.9 Å². The highest BCUT2D eigenvalue weighted by molar-refractivity contribution is 5.90. The predicted molar refractivity (Wildman–Crippen MR) is 96.9 cm³/mol. The molecule has 2 amide bonds. The molecule has 0 saturated carbocycles. The van der Waals surface area contributed by atoms with Gasteiger partial charge in [0, 0.05) is 24.2 Å². The Kier molecular flexibility index (Phi) is 4.23. The molecule has 1 saturated heterocycles. The van der Waals surface area contributed by atoms with Crippen LogP contribution in [0.15, 0.2) is 49.1 Å². The Balaban J connectivity index is 1.56. The normalized spacial score (nSPS) is 16.6. The Hall–Kier alpha value is -3.42. The van der Waals surface area contributed by atoms with E-state index < -0.39 is 18.0 Å². The number of carbonyl (C=O) groups excluding carboxylic acids is 2. The standard InChI is InChI=1S/C19H17FN4O3/c1-12(25)22-8-16-10-24(19(26)27-16)14-4-5-17(18(20)6-14)13-2-3-15-7-21-11-23(15)9-13/h2-7,9,11,16H,8,10H2,1H3,(H,22,25)/t16-/m0/s1. The molecule has 7 nitrogen and oxygen atoms in total. The first-order chi connectivity index (χ1) is 13.0. The number of imidazole rings is 1. The number of fused-ring (bicyclic) bond motifs is 1. The van der Waals surface area contributed by atoms with Gasteiger partial charge >= 0.3 is 6.09 Å². The smallest absolute Gasteiger partial charge is 0.414 e. The topological polar surface area (TPSA) is 75.9 Å². The van der Waals surface area contributed by atoms with Gasteiger partial charge in [-0.05, 0) is 24.3 Å². The molecule has 1 atom stereocenters. The molecule has 0 unspecified atom stereocenters. The van der Waals surface area contributed by atoms with E-state index in [1.54, 1.807) is 30.9 Å². The summed E-state index contributed by atoms with van der Waals surface area (Å²) in [4.78, 5) is 28.5. The molecule has 0 radical (unpaired) electrons. The van der Waals surface area contributed by atoms with Gasteiger partial charge in [-0.1, -0.05) is 6.07 Å². The van der Waals surface area contributed by atoms with E-state index in [2.05, 4.69) is 10.3 Å². The van der Waals surface area contributed by atoms with Gasteiger partial charge in [0.15, 0.2) is 0 Å². The van der Waals surface area contributed by atoms with Gasteiger partial charge in [-0.25, -0.2) is 14.2 Å².